The second-order valence-corrected chi connectivity index (χ2v) is 9.42. The molecule has 6 heteroatoms. The molecule has 2 unspecified atom stereocenters. The van der Waals surface area contributed by atoms with Crippen LogP contribution in [0.2, 0.25) is 0 Å². The predicted octanol–water partition coefficient (Wildman–Crippen LogP) is 4.42. The summed E-state index contributed by atoms with van der Waals surface area (Å²) < 4.78 is 11.4. The Hall–Kier alpha value is -2.21. The molecule has 162 valence electrons. The molecule has 4 rings (SSSR count). The largest absolute Gasteiger partial charge is 0.495 e. The second kappa shape index (κ2) is 8.50. The van der Waals surface area contributed by atoms with E-state index in [4.69, 9.17) is 9.47 Å². The summed E-state index contributed by atoms with van der Waals surface area (Å²) in [6.07, 6.45) is 8.95. The Labute approximate surface area is 179 Å². The Morgan fingerprint density at radius 1 is 1.10 bits per heavy atom. The smallest absolute Gasteiger partial charge is 0.220 e. The van der Waals surface area contributed by atoms with Gasteiger partial charge in [0.1, 0.15) is 11.6 Å². The highest BCUT2D eigenvalue weighted by molar-refractivity contribution is 5.29. The number of aryl methyl sites for hydroxylation is 1. The summed E-state index contributed by atoms with van der Waals surface area (Å²) >= 11 is 0. The molecule has 2 saturated carbocycles. The number of hydrogen-bond donors (Lipinski definition) is 1. The van der Waals surface area contributed by atoms with Crippen LogP contribution in [-0.2, 0) is 0 Å². The maximum absolute atomic E-state index is 10.3. The van der Waals surface area contributed by atoms with Crippen molar-refractivity contribution in [2.45, 2.75) is 70.3 Å². The molecule has 2 fully saturated rings. The lowest BCUT2D eigenvalue weighted by atomic mass is 9.73. The van der Waals surface area contributed by atoms with Crippen LogP contribution in [0.15, 0.2) is 24.5 Å². The molecule has 2 aliphatic carbocycles. The third kappa shape index (κ3) is 4.75. The van der Waals surface area contributed by atoms with E-state index in [0.29, 0.717) is 30.3 Å². The summed E-state index contributed by atoms with van der Waals surface area (Å²) in [6.45, 7) is 6.40. The van der Waals surface area contributed by atoms with Gasteiger partial charge in [0, 0.05) is 29.3 Å². The van der Waals surface area contributed by atoms with Crippen molar-refractivity contribution in [3.63, 3.8) is 0 Å². The lowest BCUT2D eigenvalue weighted by molar-refractivity contribution is -0.00168. The first-order valence-electron chi connectivity index (χ1n) is 11.0. The van der Waals surface area contributed by atoms with Gasteiger partial charge in [-0.3, -0.25) is 4.98 Å². The second-order valence-electron chi connectivity index (χ2n) is 9.42. The molecule has 30 heavy (non-hydrogen) atoms. The van der Waals surface area contributed by atoms with Crippen LogP contribution in [0, 0.1) is 18.8 Å². The van der Waals surface area contributed by atoms with E-state index in [2.05, 4.69) is 15.0 Å². The standard InChI is InChI=1S/C24H33N3O3/c1-15-25-13-21(16-5-7-18(8-6-16)24(2,3)28)23(27-15)30-14-17-11-20(17)22-10-9-19(29-4)12-26-22/h9-10,12-13,16-18,20,28H,5-8,11,14H2,1-4H3. The van der Waals surface area contributed by atoms with Gasteiger partial charge in [0.2, 0.25) is 5.88 Å². The lowest BCUT2D eigenvalue weighted by Gasteiger charge is -2.36. The average molecular weight is 412 g/mol. The number of rotatable bonds is 7. The molecule has 0 radical (unpaired) electrons. The summed E-state index contributed by atoms with van der Waals surface area (Å²) in [6, 6.07) is 4.01. The summed E-state index contributed by atoms with van der Waals surface area (Å²) in [4.78, 5) is 13.6. The van der Waals surface area contributed by atoms with E-state index in [9.17, 15) is 5.11 Å². The van der Waals surface area contributed by atoms with Crippen molar-refractivity contribution in [2.75, 3.05) is 13.7 Å². The molecule has 2 aromatic heterocycles. The Morgan fingerprint density at radius 3 is 2.50 bits per heavy atom. The Bertz CT molecular complexity index is 855. The number of methoxy groups -OCH3 is 1. The highest BCUT2D eigenvalue weighted by Crippen LogP contribution is 2.47. The summed E-state index contributed by atoms with van der Waals surface area (Å²) in [5, 5.41) is 10.3. The van der Waals surface area contributed by atoms with Crippen LogP contribution >= 0.6 is 0 Å². The van der Waals surface area contributed by atoms with Gasteiger partial charge in [-0.05, 0) is 76.8 Å². The highest BCUT2D eigenvalue weighted by atomic mass is 16.5. The fourth-order valence-corrected chi connectivity index (χ4v) is 4.68. The Kier molecular flexibility index (Phi) is 5.96. The van der Waals surface area contributed by atoms with Crippen molar-refractivity contribution in [3.8, 4) is 11.6 Å². The van der Waals surface area contributed by atoms with Gasteiger partial charge in [0.15, 0.2) is 0 Å². The third-order valence-electron chi connectivity index (χ3n) is 6.80. The van der Waals surface area contributed by atoms with Gasteiger partial charge in [0.05, 0.1) is 25.5 Å². The number of nitrogens with zero attached hydrogens (tertiary/aromatic N) is 3. The fraction of sp³-hybridized carbons (Fsp3) is 0.625. The molecule has 1 N–H and O–H groups in total. The molecule has 0 aliphatic heterocycles. The van der Waals surface area contributed by atoms with E-state index >= 15 is 0 Å². The Balaban J connectivity index is 1.37. The first kappa shape index (κ1) is 21.0. The summed E-state index contributed by atoms with van der Waals surface area (Å²) in [5.41, 5.74) is 1.62. The van der Waals surface area contributed by atoms with Gasteiger partial charge in [-0.15, -0.1) is 0 Å². The molecule has 2 heterocycles. The predicted molar refractivity (Wildman–Crippen MR) is 115 cm³/mol. The minimum Gasteiger partial charge on any atom is -0.495 e. The van der Waals surface area contributed by atoms with Crippen molar-refractivity contribution < 1.29 is 14.6 Å². The SMILES string of the molecule is COc1ccc(C2CC2COc2nc(C)ncc2C2CCC(C(C)(C)O)CC2)nc1. The van der Waals surface area contributed by atoms with Crippen molar-refractivity contribution in [2.24, 2.45) is 11.8 Å². The van der Waals surface area contributed by atoms with Crippen LogP contribution in [0.25, 0.3) is 0 Å². The van der Waals surface area contributed by atoms with E-state index in [1.165, 1.54) is 0 Å². The number of hydrogen-bond acceptors (Lipinski definition) is 6. The molecular weight excluding hydrogens is 378 g/mol. The summed E-state index contributed by atoms with van der Waals surface area (Å²) in [7, 11) is 1.66. The molecule has 2 atom stereocenters. The molecular formula is C24H33N3O3. The van der Waals surface area contributed by atoms with E-state index in [-0.39, 0.29) is 0 Å². The molecule has 0 aromatic carbocycles. The van der Waals surface area contributed by atoms with E-state index < -0.39 is 5.60 Å². The van der Waals surface area contributed by atoms with Gasteiger partial charge in [-0.1, -0.05) is 0 Å². The highest BCUT2D eigenvalue weighted by Gasteiger charge is 2.40. The molecule has 2 aromatic rings. The van der Waals surface area contributed by atoms with Crippen LogP contribution in [0.3, 0.4) is 0 Å². The van der Waals surface area contributed by atoms with Crippen molar-refractivity contribution in [3.05, 3.63) is 41.6 Å². The number of aliphatic hydroxyl groups is 1. The zero-order valence-corrected chi connectivity index (χ0v) is 18.5. The number of pyridine rings is 1. The minimum atomic E-state index is -0.607. The van der Waals surface area contributed by atoms with Gasteiger partial charge in [-0.25, -0.2) is 4.98 Å². The molecule has 2 aliphatic rings. The zero-order valence-electron chi connectivity index (χ0n) is 18.5. The first-order chi connectivity index (χ1) is 14.3. The van der Waals surface area contributed by atoms with Crippen LogP contribution < -0.4 is 9.47 Å². The van der Waals surface area contributed by atoms with Crippen molar-refractivity contribution in [1.82, 2.24) is 15.0 Å². The van der Waals surface area contributed by atoms with E-state index in [1.807, 2.05) is 39.1 Å². The average Bonchev–Trinajstić information content (AvgIpc) is 3.51. The maximum atomic E-state index is 10.3. The van der Waals surface area contributed by atoms with Crippen molar-refractivity contribution >= 4 is 0 Å². The number of aromatic nitrogens is 3. The monoisotopic (exact) mass is 411 g/mol. The van der Waals surface area contributed by atoms with Crippen LogP contribution in [0.1, 0.15) is 74.9 Å². The molecule has 0 amide bonds. The quantitative estimate of drug-likeness (QED) is 0.727. The van der Waals surface area contributed by atoms with Crippen LogP contribution in [0.4, 0.5) is 0 Å². The molecule has 0 spiro atoms. The zero-order chi connectivity index (χ0) is 21.3. The van der Waals surface area contributed by atoms with Gasteiger partial charge in [0.25, 0.3) is 0 Å². The third-order valence-corrected chi connectivity index (χ3v) is 6.80. The molecule has 0 saturated heterocycles. The summed E-state index contributed by atoms with van der Waals surface area (Å²) in [5.74, 6) is 3.94. The minimum absolute atomic E-state index is 0.355. The van der Waals surface area contributed by atoms with Gasteiger partial charge in [-0.2, -0.15) is 4.98 Å². The normalized spacial score (nSPS) is 26.3. The lowest BCUT2D eigenvalue weighted by Crippen LogP contribution is -2.33. The Morgan fingerprint density at radius 2 is 1.87 bits per heavy atom. The molecule has 6 nitrogen and oxygen atoms in total. The van der Waals surface area contributed by atoms with Gasteiger partial charge < -0.3 is 14.6 Å². The topological polar surface area (TPSA) is 77.4 Å². The maximum Gasteiger partial charge on any atom is 0.220 e. The first-order valence-corrected chi connectivity index (χ1v) is 11.0. The van der Waals surface area contributed by atoms with Crippen molar-refractivity contribution in [1.29, 1.82) is 0 Å². The number of ether oxygens (including phenoxy) is 2. The fourth-order valence-electron chi connectivity index (χ4n) is 4.68. The molecule has 0 bridgehead atoms. The van der Waals surface area contributed by atoms with E-state index in [1.54, 1.807) is 13.3 Å². The van der Waals surface area contributed by atoms with Crippen LogP contribution in [0.5, 0.6) is 11.6 Å². The van der Waals surface area contributed by atoms with Gasteiger partial charge >= 0.3 is 0 Å². The van der Waals surface area contributed by atoms with E-state index in [0.717, 1.165) is 60.8 Å². The van der Waals surface area contributed by atoms with Crippen LogP contribution in [-0.4, -0.2) is 39.4 Å².